The zero-order valence-corrected chi connectivity index (χ0v) is 13.9. The third kappa shape index (κ3) is 3.09. The average molecular weight is 341 g/mol. The van der Waals surface area contributed by atoms with Crippen LogP contribution < -0.4 is 15.8 Å². The standard InChI is InChI=1S/C16H19N7O2/c1-9(8-24)19-13-7-10(3-4-12(13)21-18)11-5-6-23-14(11)15(25-2)20-16(17)22-23/h3-7,9,18-19,24H,8H2,1-2H3,(H2,17,22)/t9-/m0/s1. The Morgan fingerprint density at radius 3 is 2.92 bits per heavy atom. The van der Waals surface area contributed by atoms with Crippen LogP contribution >= 0.6 is 0 Å². The zero-order valence-electron chi connectivity index (χ0n) is 13.9. The number of nitrogens with zero attached hydrogens (tertiary/aromatic N) is 4. The minimum Gasteiger partial charge on any atom is -0.479 e. The van der Waals surface area contributed by atoms with E-state index in [9.17, 15) is 5.11 Å². The van der Waals surface area contributed by atoms with Gasteiger partial charge in [-0.3, -0.25) is 0 Å². The van der Waals surface area contributed by atoms with Crippen molar-refractivity contribution in [3.63, 3.8) is 0 Å². The van der Waals surface area contributed by atoms with Crippen molar-refractivity contribution in [3.8, 4) is 17.0 Å². The molecular formula is C16H19N7O2. The predicted molar refractivity (Wildman–Crippen MR) is 94.4 cm³/mol. The Morgan fingerprint density at radius 2 is 2.24 bits per heavy atom. The van der Waals surface area contributed by atoms with Crippen molar-refractivity contribution in [3.05, 3.63) is 30.5 Å². The smallest absolute Gasteiger partial charge is 0.243 e. The SMILES string of the molecule is COc1nc(N)nn2ccc(-c3ccc(N=N)c(N[C@@H](C)CO)c3)c12. The van der Waals surface area contributed by atoms with Crippen molar-refractivity contribution >= 4 is 22.8 Å². The molecule has 0 aliphatic heterocycles. The molecule has 0 aliphatic carbocycles. The van der Waals surface area contributed by atoms with Gasteiger partial charge in [-0.05, 0) is 30.7 Å². The Kier molecular flexibility index (Phi) is 4.48. The van der Waals surface area contributed by atoms with Crippen molar-refractivity contribution < 1.29 is 9.84 Å². The minimum atomic E-state index is -0.167. The average Bonchev–Trinajstić information content (AvgIpc) is 3.04. The first-order valence-corrected chi connectivity index (χ1v) is 7.65. The van der Waals surface area contributed by atoms with Gasteiger partial charge in [0.2, 0.25) is 11.8 Å². The number of ether oxygens (including phenoxy) is 1. The van der Waals surface area contributed by atoms with E-state index in [4.69, 9.17) is 16.0 Å². The summed E-state index contributed by atoms with van der Waals surface area (Å²) in [6.45, 7) is 1.81. The molecule has 3 rings (SSSR count). The number of fused-ring (bicyclic) bond motifs is 1. The summed E-state index contributed by atoms with van der Waals surface area (Å²) in [5.41, 5.74) is 16.6. The Hall–Kier alpha value is -3.20. The lowest BCUT2D eigenvalue weighted by Crippen LogP contribution is -2.19. The van der Waals surface area contributed by atoms with E-state index in [0.29, 0.717) is 22.8 Å². The maximum absolute atomic E-state index is 9.26. The molecule has 0 saturated heterocycles. The van der Waals surface area contributed by atoms with Crippen LogP contribution in [0.4, 0.5) is 17.3 Å². The number of hydrogen-bond acceptors (Lipinski definition) is 8. The normalized spacial score (nSPS) is 12.1. The molecular weight excluding hydrogens is 322 g/mol. The Labute approximate surface area is 144 Å². The van der Waals surface area contributed by atoms with Gasteiger partial charge in [0.15, 0.2) is 0 Å². The molecule has 2 heterocycles. The highest BCUT2D eigenvalue weighted by Gasteiger charge is 2.15. The maximum atomic E-state index is 9.26. The summed E-state index contributed by atoms with van der Waals surface area (Å²) >= 11 is 0. The van der Waals surface area contributed by atoms with Crippen LogP contribution in [-0.4, -0.2) is 39.5 Å². The first-order chi connectivity index (χ1) is 12.1. The van der Waals surface area contributed by atoms with Crippen molar-refractivity contribution in [2.24, 2.45) is 5.11 Å². The first kappa shape index (κ1) is 16.7. The van der Waals surface area contributed by atoms with Crippen LogP contribution in [0.1, 0.15) is 6.92 Å². The van der Waals surface area contributed by atoms with E-state index in [0.717, 1.165) is 11.1 Å². The quantitative estimate of drug-likeness (QED) is 0.509. The Bertz CT molecular complexity index is 922. The van der Waals surface area contributed by atoms with Crippen LogP contribution in [0.15, 0.2) is 35.6 Å². The molecule has 2 aromatic heterocycles. The number of benzene rings is 1. The molecule has 3 aromatic rings. The Morgan fingerprint density at radius 1 is 1.44 bits per heavy atom. The summed E-state index contributed by atoms with van der Waals surface area (Å²) < 4.78 is 6.95. The van der Waals surface area contributed by atoms with Crippen LogP contribution in [0.5, 0.6) is 5.88 Å². The number of nitrogens with one attached hydrogen (secondary N) is 2. The zero-order chi connectivity index (χ0) is 18.0. The van der Waals surface area contributed by atoms with Crippen LogP contribution in [0.25, 0.3) is 16.6 Å². The molecule has 1 atom stereocenters. The third-order valence-electron chi connectivity index (χ3n) is 3.79. The van der Waals surface area contributed by atoms with Gasteiger partial charge >= 0.3 is 0 Å². The molecule has 25 heavy (non-hydrogen) atoms. The number of aliphatic hydroxyl groups is 1. The summed E-state index contributed by atoms with van der Waals surface area (Å²) in [4.78, 5) is 4.12. The lowest BCUT2D eigenvalue weighted by atomic mass is 10.1. The van der Waals surface area contributed by atoms with E-state index in [-0.39, 0.29) is 18.6 Å². The largest absolute Gasteiger partial charge is 0.479 e. The molecule has 130 valence electrons. The molecule has 1 aromatic carbocycles. The van der Waals surface area contributed by atoms with Gasteiger partial charge in [-0.15, -0.1) is 5.10 Å². The van der Waals surface area contributed by atoms with E-state index >= 15 is 0 Å². The second-order valence-electron chi connectivity index (χ2n) is 5.57. The van der Waals surface area contributed by atoms with Gasteiger partial charge in [0.05, 0.1) is 19.4 Å². The summed E-state index contributed by atoms with van der Waals surface area (Å²) in [5, 5.41) is 20.1. The number of rotatable bonds is 6. The monoisotopic (exact) mass is 341 g/mol. The van der Waals surface area contributed by atoms with E-state index in [1.54, 1.807) is 16.8 Å². The summed E-state index contributed by atoms with van der Waals surface area (Å²) in [6.07, 6.45) is 1.78. The third-order valence-corrected chi connectivity index (χ3v) is 3.79. The van der Waals surface area contributed by atoms with Gasteiger partial charge in [0.1, 0.15) is 11.2 Å². The number of aliphatic hydroxyl groups excluding tert-OH is 1. The molecule has 5 N–H and O–H groups in total. The highest BCUT2D eigenvalue weighted by atomic mass is 16.5. The van der Waals surface area contributed by atoms with E-state index in [1.807, 2.05) is 25.1 Å². The molecule has 9 heteroatoms. The molecule has 9 nitrogen and oxygen atoms in total. The predicted octanol–water partition coefficient (Wildman–Crippen LogP) is 2.44. The van der Waals surface area contributed by atoms with E-state index in [2.05, 4.69) is 20.5 Å². The summed E-state index contributed by atoms with van der Waals surface area (Å²) in [5.74, 6) is 0.494. The van der Waals surface area contributed by atoms with Gasteiger partial charge in [-0.25, -0.2) is 10.0 Å². The molecule has 0 bridgehead atoms. The number of methoxy groups -OCH3 is 1. The van der Waals surface area contributed by atoms with Gasteiger partial charge in [0.25, 0.3) is 0 Å². The van der Waals surface area contributed by atoms with Gasteiger partial charge in [0, 0.05) is 17.8 Å². The topological polar surface area (TPSA) is 134 Å². The van der Waals surface area contributed by atoms with Crippen LogP contribution in [0, 0.1) is 5.53 Å². The highest BCUT2D eigenvalue weighted by Crippen LogP contribution is 2.35. The summed E-state index contributed by atoms with van der Waals surface area (Å²) in [7, 11) is 1.52. The second-order valence-corrected chi connectivity index (χ2v) is 5.57. The summed E-state index contributed by atoms with van der Waals surface area (Å²) in [6, 6.07) is 7.18. The fraction of sp³-hybridized carbons (Fsp3) is 0.250. The molecule has 0 spiro atoms. The van der Waals surface area contributed by atoms with Crippen molar-refractivity contribution in [2.45, 2.75) is 13.0 Å². The number of anilines is 2. The molecule has 0 saturated carbocycles. The lowest BCUT2D eigenvalue weighted by molar-refractivity contribution is 0.281. The number of hydrogen-bond donors (Lipinski definition) is 4. The van der Waals surface area contributed by atoms with Crippen LogP contribution in [-0.2, 0) is 0 Å². The van der Waals surface area contributed by atoms with Crippen molar-refractivity contribution in [2.75, 3.05) is 24.8 Å². The van der Waals surface area contributed by atoms with Crippen LogP contribution in [0.3, 0.4) is 0 Å². The molecule has 0 amide bonds. The Balaban J connectivity index is 2.15. The fourth-order valence-corrected chi connectivity index (χ4v) is 2.61. The van der Waals surface area contributed by atoms with E-state index in [1.165, 1.54) is 7.11 Å². The molecule has 0 aliphatic rings. The number of nitrogen functional groups attached to an aromatic ring is 1. The molecule has 0 fully saturated rings. The first-order valence-electron chi connectivity index (χ1n) is 7.65. The lowest BCUT2D eigenvalue weighted by Gasteiger charge is -2.15. The van der Waals surface area contributed by atoms with Crippen molar-refractivity contribution in [1.29, 1.82) is 5.53 Å². The maximum Gasteiger partial charge on any atom is 0.243 e. The van der Waals surface area contributed by atoms with Crippen LogP contribution in [0.2, 0.25) is 0 Å². The highest BCUT2D eigenvalue weighted by molar-refractivity contribution is 5.87. The molecule has 0 unspecified atom stereocenters. The number of aromatic nitrogens is 3. The van der Waals surface area contributed by atoms with Crippen molar-refractivity contribution in [1.82, 2.24) is 14.6 Å². The second kappa shape index (κ2) is 6.73. The van der Waals surface area contributed by atoms with Gasteiger partial charge < -0.3 is 20.9 Å². The minimum absolute atomic E-state index is 0.0300. The van der Waals surface area contributed by atoms with Gasteiger partial charge in [-0.2, -0.15) is 10.1 Å². The number of nitrogens with two attached hydrogens (primary N) is 1. The fourth-order valence-electron chi connectivity index (χ4n) is 2.61. The van der Waals surface area contributed by atoms with E-state index < -0.39 is 0 Å². The van der Waals surface area contributed by atoms with Gasteiger partial charge in [-0.1, -0.05) is 6.07 Å². The molecule has 0 radical (unpaired) electrons.